The topological polar surface area (TPSA) is 50.7 Å². The van der Waals surface area contributed by atoms with Crippen LogP contribution in [0.4, 0.5) is 5.69 Å². The number of anilines is 1. The van der Waals surface area contributed by atoms with Crippen molar-refractivity contribution in [2.24, 2.45) is 5.41 Å². The molecule has 0 spiro atoms. The number of methoxy groups -OCH3 is 2. The first-order valence-corrected chi connectivity index (χ1v) is 7.78. The number of nitrogens with one attached hydrogen (secondary N) is 1. The Morgan fingerprint density at radius 1 is 1.14 bits per heavy atom. The molecule has 0 heterocycles. The van der Waals surface area contributed by atoms with E-state index in [1.165, 1.54) is 19.3 Å². The molecule has 2 rings (SSSR count). The predicted octanol–water partition coefficient (Wildman–Crippen LogP) is 3.71. The highest BCUT2D eigenvalue weighted by molar-refractivity contribution is 6.32. The van der Waals surface area contributed by atoms with Crippen molar-refractivity contribution in [3.63, 3.8) is 0 Å². The lowest BCUT2D eigenvalue weighted by atomic mass is 9.74. The van der Waals surface area contributed by atoms with Gasteiger partial charge in [-0.25, -0.2) is 0 Å². The van der Waals surface area contributed by atoms with E-state index in [9.17, 15) is 5.11 Å². The number of hydrogen-bond donors (Lipinski definition) is 2. The summed E-state index contributed by atoms with van der Waals surface area (Å²) in [5, 5.41) is 13.7. The van der Waals surface area contributed by atoms with Crippen LogP contribution in [0.1, 0.15) is 32.1 Å². The van der Waals surface area contributed by atoms with E-state index in [0.717, 1.165) is 25.1 Å². The van der Waals surface area contributed by atoms with E-state index in [-0.39, 0.29) is 12.0 Å². The van der Waals surface area contributed by atoms with Crippen LogP contribution in [0.5, 0.6) is 11.5 Å². The molecule has 0 aliphatic heterocycles. The van der Waals surface area contributed by atoms with Crippen LogP contribution >= 0.6 is 11.6 Å². The maximum absolute atomic E-state index is 9.77. The quantitative estimate of drug-likeness (QED) is 0.840. The fourth-order valence-electron chi connectivity index (χ4n) is 2.97. The zero-order valence-corrected chi connectivity index (χ0v) is 13.5. The van der Waals surface area contributed by atoms with Gasteiger partial charge in [0.05, 0.1) is 31.5 Å². The molecule has 0 aromatic heterocycles. The van der Waals surface area contributed by atoms with Crippen LogP contribution in [-0.2, 0) is 0 Å². The number of halogens is 1. The molecular weight excluding hydrogens is 290 g/mol. The van der Waals surface area contributed by atoms with Gasteiger partial charge in [-0.3, -0.25) is 0 Å². The Hall–Kier alpha value is -1.13. The monoisotopic (exact) mass is 313 g/mol. The summed E-state index contributed by atoms with van der Waals surface area (Å²) in [4.78, 5) is 0. The third-order valence-corrected chi connectivity index (χ3v) is 4.67. The average Bonchev–Trinajstić information content (AvgIpc) is 2.54. The molecule has 118 valence electrons. The molecular formula is C16H24ClNO3. The van der Waals surface area contributed by atoms with Crippen molar-refractivity contribution in [1.29, 1.82) is 0 Å². The van der Waals surface area contributed by atoms with Gasteiger partial charge in [0.15, 0.2) is 0 Å². The van der Waals surface area contributed by atoms with Gasteiger partial charge in [0, 0.05) is 24.1 Å². The van der Waals surface area contributed by atoms with E-state index in [4.69, 9.17) is 21.1 Å². The van der Waals surface area contributed by atoms with Crippen LogP contribution < -0.4 is 14.8 Å². The molecule has 0 amide bonds. The average molecular weight is 314 g/mol. The maximum atomic E-state index is 9.77. The van der Waals surface area contributed by atoms with Gasteiger partial charge in [-0.15, -0.1) is 0 Å². The molecule has 1 aliphatic carbocycles. The molecule has 21 heavy (non-hydrogen) atoms. The van der Waals surface area contributed by atoms with E-state index in [1.54, 1.807) is 20.3 Å². The highest BCUT2D eigenvalue weighted by atomic mass is 35.5. The standard InChI is InChI=1S/C16H24ClNO3/c1-20-14-9-13(15(21-2)8-12(14)17)18-10-16(11-19)6-4-3-5-7-16/h8-9,18-19H,3-7,10-11H2,1-2H3. The van der Waals surface area contributed by atoms with E-state index in [2.05, 4.69) is 5.32 Å². The van der Waals surface area contributed by atoms with Gasteiger partial charge in [-0.05, 0) is 12.8 Å². The van der Waals surface area contributed by atoms with Crippen molar-refractivity contribution in [2.45, 2.75) is 32.1 Å². The lowest BCUT2D eigenvalue weighted by Gasteiger charge is -2.36. The molecule has 5 heteroatoms. The maximum Gasteiger partial charge on any atom is 0.143 e. The third kappa shape index (κ3) is 3.74. The highest BCUT2D eigenvalue weighted by Gasteiger charge is 2.31. The summed E-state index contributed by atoms with van der Waals surface area (Å²) in [5.41, 5.74) is 0.813. The minimum absolute atomic E-state index is 0.0316. The van der Waals surface area contributed by atoms with Crippen molar-refractivity contribution >= 4 is 17.3 Å². The molecule has 1 fully saturated rings. The lowest BCUT2D eigenvalue weighted by Crippen LogP contribution is -2.35. The second-order valence-electron chi connectivity index (χ2n) is 5.76. The first-order valence-electron chi connectivity index (χ1n) is 7.40. The number of aliphatic hydroxyl groups is 1. The predicted molar refractivity (Wildman–Crippen MR) is 85.6 cm³/mol. The molecule has 0 bridgehead atoms. The summed E-state index contributed by atoms with van der Waals surface area (Å²) < 4.78 is 10.6. The lowest BCUT2D eigenvalue weighted by molar-refractivity contribution is 0.0943. The minimum Gasteiger partial charge on any atom is -0.495 e. The van der Waals surface area contributed by atoms with Gasteiger partial charge in [0.1, 0.15) is 11.5 Å². The molecule has 1 aromatic carbocycles. The zero-order valence-electron chi connectivity index (χ0n) is 12.7. The summed E-state index contributed by atoms with van der Waals surface area (Å²) in [6, 6.07) is 3.59. The third-order valence-electron chi connectivity index (χ3n) is 4.38. The second kappa shape index (κ2) is 7.23. The second-order valence-corrected chi connectivity index (χ2v) is 6.17. The highest BCUT2D eigenvalue weighted by Crippen LogP contribution is 2.39. The summed E-state index contributed by atoms with van der Waals surface area (Å²) >= 11 is 6.11. The fourth-order valence-corrected chi connectivity index (χ4v) is 3.20. The molecule has 0 radical (unpaired) electrons. The van der Waals surface area contributed by atoms with Gasteiger partial charge in [0.25, 0.3) is 0 Å². The van der Waals surface area contributed by atoms with Crippen molar-refractivity contribution in [3.05, 3.63) is 17.2 Å². The van der Waals surface area contributed by atoms with Gasteiger partial charge < -0.3 is 19.9 Å². The van der Waals surface area contributed by atoms with Crippen molar-refractivity contribution < 1.29 is 14.6 Å². The Labute approximate surface area is 131 Å². The summed E-state index contributed by atoms with van der Waals surface area (Å²) in [6.07, 6.45) is 5.75. The van der Waals surface area contributed by atoms with E-state index in [1.807, 2.05) is 6.07 Å². The number of benzene rings is 1. The fraction of sp³-hybridized carbons (Fsp3) is 0.625. The molecule has 1 aromatic rings. The van der Waals surface area contributed by atoms with Crippen LogP contribution in [0.2, 0.25) is 5.02 Å². The SMILES string of the molecule is COc1cc(NCC2(CO)CCCCC2)c(OC)cc1Cl. The zero-order chi connectivity index (χ0) is 15.3. The first-order chi connectivity index (χ1) is 10.1. The van der Waals surface area contributed by atoms with Gasteiger partial charge in [-0.2, -0.15) is 0 Å². The summed E-state index contributed by atoms with van der Waals surface area (Å²) in [5.74, 6) is 1.30. The summed E-state index contributed by atoms with van der Waals surface area (Å²) in [7, 11) is 3.21. The van der Waals surface area contributed by atoms with Crippen LogP contribution in [0, 0.1) is 5.41 Å². The minimum atomic E-state index is -0.0316. The molecule has 0 saturated heterocycles. The summed E-state index contributed by atoms with van der Waals surface area (Å²) in [6.45, 7) is 0.942. The number of ether oxygens (including phenoxy) is 2. The Bertz CT molecular complexity index is 473. The Balaban J connectivity index is 2.14. The van der Waals surface area contributed by atoms with Gasteiger partial charge in [-0.1, -0.05) is 30.9 Å². The van der Waals surface area contributed by atoms with Gasteiger partial charge >= 0.3 is 0 Å². The van der Waals surface area contributed by atoms with Crippen molar-refractivity contribution in [1.82, 2.24) is 0 Å². The molecule has 1 aliphatic rings. The molecule has 2 N–H and O–H groups in total. The Morgan fingerprint density at radius 2 is 1.81 bits per heavy atom. The molecule has 0 unspecified atom stereocenters. The van der Waals surface area contributed by atoms with Gasteiger partial charge in [0.2, 0.25) is 0 Å². The normalized spacial score (nSPS) is 17.3. The number of hydrogen-bond acceptors (Lipinski definition) is 4. The van der Waals surface area contributed by atoms with E-state index < -0.39 is 0 Å². The van der Waals surface area contributed by atoms with Crippen LogP contribution in [0.3, 0.4) is 0 Å². The molecule has 1 saturated carbocycles. The Kier molecular flexibility index (Phi) is 5.59. The largest absolute Gasteiger partial charge is 0.495 e. The smallest absolute Gasteiger partial charge is 0.143 e. The van der Waals surface area contributed by atoms with Crippen LogP contribution in [0.25, 0.3) is 0 Å². The molecule has 0 atom stereocenters. The van der Waals surface area contributed by atoms with E-state index in [0.29, 0.717) is 16.5 Å². The number of aliphatic hydroxyl groups excluding tert-OH is 1. The number of rotatable bonds is 6. The van der Waals surface area contributed by atoms with Crippen molar-refractivity contribution in [2.75, 3.05) is 32.7 Å². The molecule has 4 nitrogen and oxygen atoms in total. The first kappa shape index (κ1) is 16.2. The van der Waals surface area contributed by atoms with E-state index >= 15 is 0 Å². The Morgan fingerprint density at radius 3 is 2.38 bits per heavy atom. The van der Waals surface area contributed by atoms with Crippen LogP contribution in [-0.4, -0.2) is 32.5 Å². The van der Waals surface area contributed by atoms with Crippen molar-refractivity contribution in [3.8, 4) is 11.5 Å². The van der Waals surface area contributed by atoms with Crippen LogP contribution in [0.15, 0.2) is 12.1 Å².